The molecule has 1 atom stereocenters. The molecular formula is C32H28ClN3OS. The van der Waals surface area contributed by atoms with Crippen molar-refractivity contribution in [3.8, 4) is 28.2 Å². The van der Waals surface area contributed by atoms with Gasteiger partial charge in [-0.05, 0) is 24.1 Å². The van der Waals surface area contributed by atoms with Crippen molar-refractivity contribution < 1.29 is 4.79 Å². The van der Waals surface area contributed by atoms with Crippen LogP contribution in [0.2, 0.25) is 0 Å². The van der Waals surface area contributed by atoms with E-state index in [9.17, 15) is 4.79 Å². The number of thioether (sulfide) groups is 1. The standard InChI is InChI=1S/C32H28ClN3OS/c33-28(24-14-5-1-6-15-24)31(37)34-22-13-23-38-32-35-29(25-16-7-2-8-17-25)30(26-18-9-3-10-19-26)36(32)27-20-11-4-12-21-27/h1-12,14-21,28H,13,22-23H2,(H,34,37). The first-order chi connectivity index (χ1) is 18.7. The molecule has 0 saturated carbocycles. The summed E-state index contributed by atoms with van der Waals surface area (Å²) in [6.45, 7) is 0.547. The summed E-state index contributed by atoms with van der Waals surface area (Å²) < 4.78 is 2.24. The van der Waals surface area contributed by atoms with Crippen LogP contribution >= 0.6 is 23.4 Å². The summed E-state index contributed by atoms with van der Waals surface area (Å²) in [5, 5.41) is 3.19. The van der Waals surface area contributed by atoms with Crippen LogP contribution in [-0.4, -0.2) is 27.8 Å². The van der Waals surface area contributed by atoms with E-state index in [0.29, 0.717) is 6.54 Å². The van der Waals surface area contributed by atoms with E-state index in [1.54, 1.807) is 11.8 Å². The lowest BCUT2D eigenvalue weighted by atomic mass is 10.0. The van der Waals surface area contributed by atoms with Crippen molar-refractivity contribution in [1.29, 1.82) is 0 Å². The van der Waals surface area contributed by atoms with Gasteiger partial charge in [-0.25, -0.2) is 4.98 Å². The monoisotopic (exact) mass is 537 g/mol. The molecule has 1 amide bonds. The van der Waals surface area contributed by atoms with Gasteiger partial charge in [0.2, 0.25) is 5.91 Å². The number of hydrogen-bond donors (Lipinski definition) is 1. The highest BCUT2D eigenvalue weighted by molar-refractivity contribution is 7.99. The number of rotatable bonds is 10. The smallest absolute Gasteiger partial charge is 0.242 e. The van der Waals surface area contributed by atoms with Crippen molar-refractivity contribution in [2.45, 2.75) is 17.0 Å². The van der Waals surface area contributed by atoms with Gasteiger partial charge in [-0.2, -0.15) is 0 Å². The first kappa shape index (κ1) is 25.8. The lowest BCUT2D eigenvalue weighted by Gasteiger charge is -2.13. The molecule has 0 spiro atoms. The van der Waals surface area contributed by atoms with Crippen molar-refractivity contribution in [2.24, 2.45) is 0 Å². The molecule has 0 saturated heterocycles. The van der Waals surface area contributed by atoms with Gasteiger partial charge < -0.3 is 5.32 Å². The highest BCUT2D eigenvalue weighted by atomic mass is 35.5. The zero-order chi connectivity index (χ0) is 26.2. The summed E-state index contributed by atoms with van der Waals surface area (Å²) in [5.74, 6) is 0.622. The van der Waals surface area contributed by atoms with Gasteiger partial charge in [0.1, 0.15) is 5.38 Å². The van der Waals surface area contributed by atoms with Crippen LogP contribution < -0.4 is 5.32 Å². The van der Waals surface area contributed by atoms with E-state index in [-0.39, 0.29) is 5.91 Å². The maximum atomic E-state index is 12.5. The molecule has 6 heteroatoms. The molecule has 5 rings (SSSR count). The fraction of sp³-hybridized carbons (Fsp3) is 0.125. The first-order valence-electron chi connectivity index (χ1n) is 12.6. The zero-order valence-electron chi connectivity index (χ0n) is 20.8. The summed E-state index contributed by atoms with van der Waals surface area (Å²) in [7, 11) is 0. The summed E-state index contributed by atoms with van der Waals surface area (Å²) in [4.78, 5) is 17.7. The minimum Gasteiger partial charge on any atom is -0.354 e. The number of imidazole rings is 1. The van der Waals surface area contributed by atoms with Gasteiger partial charge >= 0.3 is 0 Å². The second-order valence-corrected chi connectivity index (χ2v) is 10.3. The molecule has 0 aliphatic rings. The Morgan fingerprint density at radius 3 is 1.97 bits per heavy atom. The molecule has 0 radical (unpaired) electrons. The van der Waals surface area contributed by atoms with E-state index in [2.05, 4.69) is 58.4 Å². The van der Waals surface area contributed by atoms with Crippen molar-refractivity contribution in [3.63, 3.8) is 0 Å². The van der Waals surface area contributed by atoms with Gasteiger partial charge in [0.15, 0.2) is 5.16 Å². The molecule has 4 aromatic carbocycles. The Labute approximate surface area is 232 Å². The number of hydrogen-bond acceptors (Lipinski definition) is 3. The number of para-hydroxylation sites is 1. The van der Waals surface area contributed by atoms with Gasteiger partial charge in [0.25, 0.3) is 0 Å². The number of amides is 1. The van der Waals surface area contributed by atoms with E-state index in [1.165, 1.54) is 0 Å². The SMILES string of the molecule is O=C(NCCCSc1nc(-c2ccccc2)c(-c2ccccc2)n1-c1ccccc1)C(Cl)c1ccccc1. The molecule has 190 valence electrons. The Morgan fingerprint density at radius 1 is 0.789 bits per heavy atom. The largest absolute Gasteiger partial charge is 0.354 e. The maximum Gasteiger partial charge on any atom is 0.242 e. The average Bonchev–Trinajstić information content (AvgIpc) is 3.37. The topological polar surface area (TPSA) is 46.9 Å². The number of halogens is 1. The molecule has 0 bridgehead atoms. The van der Waals surface area contributed by atoms with Crippen LogP contribution in [0.5, 0.6) is 0 Å². The van der Waals surface area contributed by atoms with Crippen LogP contribution in [0.3, 0.4) is 0 Å². The third kappa shape index (κ3) is 6.01. The van der Waals surface area contributed by atoms with E-state index in [1.807, 2.05) is 72.8 Å². The molecule has 1 heterocycles. The van der Waals surface area contributed by atoms with Gasteiger partial charge in [0.05, 0.1) is 11.4 Å². The Morgan fingerprint density at radius 2 is 1.34 bits per heavy atom. The van der Waals surface area contributed by atoms with Crippen molar-refractivity contribution >= 4 is 29.3 Å². The second kappa shape index (κ2) is 12.6. The lowest BCUT2D eigenvalue weighted by Crippen LogP contribution is -2.28. The highest BCUT2D eigenvalue weighted by Crippen LogP contribution is 2.38. The Balaban J connectivity index is 1.37. The number of nitrogens with zero attached hydrogens (tertiary/aromatic N) is 2. The van der Waals surface area contributed by atoms with Gasteiger partial charge in [0, 0.05) is 29.1 Å². The number of aromatic nitrogens is 2. The fourth-order valence-electron chi connectivity index (χ4n) is 4.28. The van der Waals surface area contributed by atoms with Crippen LogP contribution in [0.25, 0.3) is 28.2 Å². The van der Waals surface area contributed by atoms with Crippen molar-refractivity contribution in [1.82, 2.24) is 14.9 Å². The summed E-state index contributed by atoms with van der Waals surface area (Å²) >= 11 is 8.05. The van der Waals surface area contributed by atoms with Crippen LogP contribution in [0.4, 0.5) is 0 Å². The first-order valence-corrected chi connectivity index (χ1v) is 14.0. The van der Waals surface area contributed by atoms with E-state index in [4.69, 9.17) is 16.6 Å². The number of benzene rings is 4. The van der Waals surface area contributed by atoms with Gasteiger partial charge in [-0.1, -0.05) is 121 Å². The Bertz CT molecular complexity index is 1460. The molecule has 0 aliphatic carbocycles. The van der Waals surface area contributed by atoms with Gasteiger partial charge in [-0.15, -0.1) is 11.6 Å². The molecule has 4 nitrogen and oxygen atoms in total. The molecule has 5 aromatic rings. The number of carbonyl (C=O) groups excluding carboxylic acids is 1. The summed E-state index contributed by atoms with van der Waals surface area (Å²) in [6, 6.07) is 40.5. The molecule has 1 aromatic heterocycles. The van der Waals surface area contributed by atoms with E-state index < -0.39 is 5.38 Å². The second-order valence-electron chi connectivity index (χ2n) is 8.76. The third-order valence-corrected chi connectivity index (χ3v) is 7.60. The highest BCUT2D eigenvalue weighted by Gasteiger charge is 2.22. The predicted octanol–water partition coefficient (Wildman–Crippen LogP) is 7.78. The van der Waals surface area contributed by atoms with Crippen molar-refractivity contribution in [2.75, 3.05) is 12.3 Å². The fourth-order valence-corrected chi connectivity index (χ4v) is 5.46. The van der Waals surface area contributed by atoms with Crippen molar-refractivity contribution in [3.05, 3.63) is 127 Å². The van der Waals surface area contributed by atoms with Crippen LogP contribution in [0, 0.1) is 0 Å². The third-order valence-electron chi connectivity index (χ3n) is 6.13. The van der Waals surface area contributed by atoms with E-state index >= 15 is 0 Å². The average molecular weight is 538 g/mol. The maximum absolute atomic E-state index is 12.5. The van der Waals surface area contributed by atoms with E-state index in [0.717, 1.165) is 51.1 Å². The summed E-state index contributed by atoms with van der Waals surface area (Å²) in [6.07, 6.45) is 0.789. The lowest BCUT2D eigenvalue weighted by molar-refractivity contribution is -0.120. The molecule has 38 heavy (non-hydrogen) atoms. The predicted molar refractivity (Wildman–Crippen MR) is 158 cm³/mol. The Kier molecular flexibility index (Phi) is 8.59. The normalized spacial score (nSPS) is 11.7. The number of nitrogens with one attached hydrogen (secondary N) is 1. The quantitative estimate of drug-likeness (QED) is 0.112. The number of alkyl halides is 1. The molecule has 1 N–H and O–H groups in total. The minimum atomic E-state index is -0.692. The molecule has 0 aliphatic heterocycles. The zero-order valence-corrected chi connectivity index (χ0v) is 22.4. The van der Waals surface area contributed by atoms with Gasteiger partial charge in [-0.3, -0.25) is 9.36 Å². The number of carbonyl (C=O) groups is 1. The molecular weight excluding hydrogens is 510 g/mol. The van der Waals surface area contributed by atoms with Crippen LogP contribution in [0.15, 0.2) is 126 Å². The Hall–Kier alpha value is -3.80. The van der Waals surface area contributed by atoms with Crippen LogP contribution in [-0.2, 0) is 4.79 Å². The summed E-state index contributed by atoms with van der Waals surface area (Å²) in [5.41, 5.74) is 6.05. The van der Waals surface area contributed by atoms with Crippen LogP contribution in [0.1, 0.15) is 17.4 Å². The molecule has 1 unspecified atom stereocenters. The molecule has 0 fully saturated rings. The minimum absolute atomic E-state index is 0.175.